The quantitative estimate of drug-likeness (QED) is 0.854. The molecular weight excluding hydrogens is 250 g/mol. The highest BCUT2D eigenvalue weighted by Crippen LogP contribution is 2.22. The fraction of sp³-hybridized carbons (Fsp3) is 0.455. The second-order valence-corrected chi connectivity index (χ2v) is 4.59. The summed E-state index contributed by atoms with van der Waals surface area (Å²) in [7, 11) is 0. The van der Waals surface area contributed by atoms with Crippen LogP contribution in [0.3, 0.4) is 0 Å². The summed E-state index contributed by atoms with van der Waals surface area (Å²) in [4.78, 5) is 16.5. The molecule has 8 heteroatoms. The monoisotopic (exact) mass is 263 g/mol. The van der Waals surface area contributed by atoms with Crippen molar-refractivity contribution in [2.24, 2.45) is 0 Å². The van der Waals surface area contributed by atoms with E-state index < -0.39 is 6.09 Å². The van der Waals surface area contributed by atoms with Crippen LogP contribution >= 0.6 is 0 Å². The molecule has 0 aromatic carbocycles. The molecule has 100 valence electrons. The molecule has 0 bridgehead atoms. The summed E-state index contributed by atoms with van der Waals surface area (Å²) < 4.78 is 7.42. The van der Waals surface area contributed by atoms with Crippen LogP contribution in [0.15, 0.2) is 18.7 Å². The van der Waals surface area contributed by atoms with Crippen molar-refractivity contribution < 1.29 is 14.6 Å². The lowest BCUT2D eigenvalue weighted by molar-refractivity contribution is 0.136. The molecule has 3 rings (SSSR count). The van der Waals surface area contributed by atoms with Crippen LogP contribution in [0.1, 0.15) is 13.3 Å². The third kappa shape index (κ3) is 2.16. The first-order valence-corrected chi connectivity index (χ1v) is 5.95. The van der Waals surface area contributed by atoms with Gasteiger partial charge in [-0.3, -0.25) is 4.40 Å². The molecule has 1 saturated heterocycles. The Hall–Kier alpha value is -2.38. The summed E-state index contributed by atoms with van der Waals surface area (Å²) in [5.41, 5.74) is 0. The molecular formula is C11H13N5O3. The Bertz CT molecular complexity index is 613. The molecule has 8 nitrogen and oxygen atoms in total. The normalized spacial score (nSPS) is 22.9. The van der Waals surface area contributed by atoms with E-state index in [1.165, 1.54) is 11.2 Å². The van der Waals surface area contributed by atoms with Crippen LogP contribution in [0.2, 0.25) is 0 Å². The zero-order valence-electron chi connectivity index (χ0n) is 10.3. The van der Waals surface area contributed by atoms with Crippen LogP contribution in [-0.2, 0) is 0 Å². The molecule has 3 heterocycles. The van der Waals surface area contributed by atoms with E-state index in [2.05, 4.69) is 15.2 Å². The van der Waals surface area contributed by atoms with Crippen molar-refractivity contribution in [2.75, 3.05) is 6.54 Å². The van der Waals surface area contributed by atoms with E-state index in [-0.39, 0.29) is 12.1 Å². The molecule has 2 atom stereocenters. The van der Waals surface area contributed by atoms with E-state index in [4.69, 9.17) is 9.84 Å². The Balaban J connectivity index is 1.73. The Morgan fingerprint density at radius 2 is 2.42 bits per heavy atom. The van der Waals surface area contributed by atoms with Gasteiger partial charge in [-0.25, -0.2) is 9.78 Å². The van der Waals surface area contributed by atoms with Gasteiger partial charge in [0, 0.05) is 12.5 Å². The minimum absolute atomic E-state index is 0.0332. The summed E-state index contributed by atoms with van der Waals surface area (Å²) in [5, 5.41) is 16.5. The first kappa shape index (κ1) is 11.7. The number of rotatable bonds is 2. The Kier molecular flexibility index (Phi) is 2.69. The molecule has 0 saturated carbocycles. The number of nitrogens with zero attached hydrogens (tertiary/aromatic N) is 5. The van der Waals surface area contributed by atoms with E-state index in [0.29, 0.717) is 24.5 Å². The van der Waals surface area contributed by atoms with Crippen molar-refractivity contribution in [3.8, 4) is 5.75 Å². The SMILES string of the molecule is C[C@H]1C[C@@H](Oc2cnc3nncn3c2)CN1C(=O)O. The van der Waals surface area contributed by atoms with Crippen molar-refractivity contribution in [3.63, 3.8) is 0 Å². The molecule has 1 fully saturated rings. The van der Waals surface area contributed by atoms with E-state index in [1.807, 2.05) is 6.92 Å². The molecule has 0 unspecified atom stereocenters. The molecule has 0 aliphatic carbocycles. The Morgan fingerprint density at radius 3 is 3.16 bits per heavy atom. The van der Waals surface area contributed by atoms with Crippen LogP contribution in [0, 0.1) is 0 Å². The minimum atomic E-state index is -0.911. The van der Waals surface area contributed by atoms with Gasteiger partial charge in [-0.15, -0.1) is 10.2 Å². The first-order valence-electron chi connectivity index (χ1n) is 5.95. The number of fused-ring (bicyclic) bond motifs is 1. The maximum atomic E-state index is 11.0. The van der Waals surface area contributed by atoms with Gasteiger partial charge < -0.3 is 14.7 Å². The van der Waals surface area contributed by atoms with Crippen molar-refractivity contribution in [3.05, 3.63) is 18.7 Å². The fourth-order valence-electron chi connectivity index (χ4n) is 2.30. The highest BCUT2D eigenvalue weighted by Gasteiger charge is 2.33. The minimum Gasteiger partial charge on any atom is -0.485 e. The maximum Gasteiger partial charge on any atom is 0.407 e. The van der Waals surface area contributed by atoms with Gasteiger partial charge >= 0.3 is 6.09 Å². The van der Waals surface area contributed by atoms with Gasteiger partial charge in [-0.1, -0.05) is 0 Å². The summed E-state index contributed by atoms with van der Waals surface area (Å²) in [6.07, 6.45) is 4.45. The van der Waals surface area contributed by atoms with Crippen molar-refractivity contribution in [2.45, 2.75) is 25.5 Å². The van der Waals surface area contributed by atoms with Gasteiger partial charge in [0.25, 0.3) is 5.78 Å². The Morgan fingerprint density at radius 1 is 1.58 bits per heavy atom. The van der Waals surface area contributed by atoms with Crippen LogP contribution in [0.4, 0.5) is 4.79 Å². The average molecular weight is 263 g/mol. The van der Waals surface area contributed by atoms with Gasteiger partial charge in [0.15, 0.2) is 5.75 Å². The van der Waals surface area contributed by atoms with Crippen molar-refractivity contribution in [1.82, 2.24) is 24.5 Å². The van der Waals surface area contributed by atoms with Crippen LogP contribution < -0.4 is 4.74 Å². The number of likely N-dealkylation sites (tertiary alicyclic amines) is 1. The number of carboxylic acid groups (broad SMARTS) is 1. The number of aromatic nitrogens is 4. The average Bonchev–Trinajstić information content (AvgIpc) is 2.95. The summed E-state index contributed by atoms with van der Waals surface area (Å²) in [6, 6.07) is -0.0332. The molecule has 0 radical (unpaired) electrons. The predicted molar refractivity (Wildman–Crippen MR) is 64.0 cm³/mol. The summed E-state index contributed by atoms with van der Waals surface area (Å²) >= 11 is 0. The van der Waals surface area contributed by atoms with Crippen LogP contribution in [0.5, 0.6) is 5.75 Å². The largest absolute Gasteiger partial charge is 0.485 e. The molecule has 1 aliphatic heterocycles. The van der Waals surface area contributed by atoms with Crippen molar-refractivity contribution in [1.29, 1.82) is 0 Å². The number of hydrogen-bond acceptors (Lipinski definition) is 5. The van der Waals surface area contributed by atoms with Crippen LogP contribution in [-0.4, -0.2) is 54.4 Å². The van der Waals surface area contributed by atoms with Gasteiger partial charge in [-0.2, -0.15) is 0 Å². The molecule has 19 heavy (non-hydrogen) atoms. The lowest BCUT2D eigenvalue weighted by atomic mass is 10.2. The van der Waals surface area contributed by atoms with E-state index in [0.717, 1.165) is 0 Å². The summed E-state index contributed by atoms with van der Waals surface area (Å²) in [5.74, 6) is 1.08. The van der Waals surface area contributed by atoms with Gasteiger partial charge in [-0.05, 0) is 6.92 Å². The molecule has 1 N–H and O–H groups in total. The third-order valence-corrected chi connectivity index (χ3v) is 3.21. The zero-order valence-corrected chi connectivity index (χ0v) is 10.3. The topological polar surface area (TPSA) is 92.9 Å². The van der Waals surface area contributed by atoms with E-state index >= 15 is 0 Å². The number of hydrogen-bond donors (Lipinski definition) is 1. The van der Waals surface area contributed by atoms with Crippen LogP contribution in [0.25, 0.3) is 5.78 Å². The lowest BCUT2D eigenvalue weighted by Gasteiger charge is -2.16. The molecule has 1 amide bonds. The highest BCUT2D eigenvalue weighted by atomic mass is 16.5. The number of carbonyl (C=O) groups is 1. The summed E-state index contributed by atoms with van der Waals surface area (Å²) in [6.45, 7) is 2.25. The number of ether oxygens (including phenoxy) is 1. The highest BCUT2D eigenvalue weighted by molar-refractivity contribution is 5.65. The first-order chi connectivity index (χ1) is 9.13. The Labute approximate surface area is 108 Å². The second kappa shape index (κ2) is 4.38. The fourth-order valence-corrected chi connectivity index (χ4v) is 2.30. The van der Waals surface area contributed by atoms with Gasteiger partial charge in [0.1, 0.15) is 12.4 Å². The second-order valence-electron chi connectivity index (χ2n) is 4.59. The standard InChI is InChI=1S/C11H13N5O3/c1-7-2-8(5-16(7)11(17)18)19-9-3-12-10-14-13-6-15(10)4-9/h3-4,6-8H,2,5H2,1H3,(H,17,18)/t7-,8+/m0/s1. The van der Waals surface area contributed by atoms with Crippen molar-refractivity contribution >= 4 is 11.9 Å². The molecule has 2 aromatic heterocycles. The van der Waals surface area contributed by atoms with Gasteiger partial charge in [0.05, 0.1) is 18.9 Å². The molecule has 2 aromatic rings. The predicted octanol–water partition coefficient (Wildman–Crippen LogP) is 0.644. The third-order valence-electron chi connectivity index (χ3n) is 3.21. The van der Waals surface area contributed by atoms with E-state index in [1.54, 1.807) is 16.8 Å². The van der Waals surface area contributed by atoms with Gasteiger partial charge in [0.2, 0.25) is 0 Å². The molecule has 0 spiro atoms. The lowest BCUT2D eigenvalue weighted by Crippen LogP contribution is -2.33. The molecule has 1 aliphatic rings. The zero-order chi connectivity index (χ0) is 13.4. The maximum absolute atomic E-state index is 11.0. The number of amides is 1. The van der Waals surface area contributed by atoms with E-state index in [9.17, 15) is 4.79 Å². The smallest absolute Gasteiger partial charge is 0.407 e.